The van der Waals surface area contributed by atoms with Crippen LogP contribution in [-0.4, -0.2) is 41.3 Å². The Bertz CT molecular complexity index is 722. The van der Waals surface area contributed by atoms with Crippen LogP contribution in [0.15, 0.2) is 28.8 Å². The summed E-state index contributed by atoms with van der Waals surface area (Å²) in [6.07, 6.45) is 0.921. The molecule has 24 heavy (non-hydrogen) atoms. The van der Waals surface area contributed by atoms with Crippen molar-refractivity contribution in [3.8, 4) is 0 Å². The molecule has 0 amide bonds. The second-order valence-corrected chi connectivity index (χ2v) is 7.38. The average Bonchev–Trinajstić information content (AvgIpc) is 2.92. The number of benzene rings is 1. The van der Waals surface area contributed by atoms with E-state index in [-0.39, 0.29) is 16.6 Å². The van der Waals surface area contributed by atoms with Crippen LogP contribution in [-0.2, 0) is 16.7 Å². The molecule has 6 heteroatoms. The molecule has 2 heterocycles. The minimum atomic E-state index is -0.309. The first-order valence-corrected chi connectivity index (χ1v) is 8.40. The molecular weight excluding hydrogens is 309 g/mol. The molecule has 0 bridgehead atoms. The van der Waals surface area contributed by atoms with Crippen molar-refractivity contribution < 1.29 is 13.7 Å². The van der Waals surface area contributed by atoms with Crippen LogP contribution in [0.2, 0.25) is 0 Å². The minimum Gasteiger partial charge on any atom is -0.379 e. The Morgan fingerprint density at radius 3 is 2.46 bits per heavy atom. The quantitative estimate of drug-likeness (QED) is 0.862. The molecule has 1 aliphatic carbocycles. The molecule has 128 valence electrons. The molecule has 0 radical (unpaired) electrons. The van der Waals surface area contributed by atoms with E-state index in [4.69, 9.17) is 9.26 Å². The fraction of sp³-hybridized carbons (Fsp3) is 0.556. The third-order valence-corrected chi connectivity index (χ3v) is 5.38. The lowest BCUT2D eigenvalue weighted by atomic mass is 9.87. The van der Waals surface area contributed by atoms with Crippen LogP contribution in [0, 0.1) is 11.2 Å². The number of morpholine rings is 1. The number of ether oxygens (including phenoxy) is 1. The van der Waals surface area contributed by atoms with Crippen molar-refractivity contribution in [3.63, 3.8) is 0 Å². The van der Waals surface area contributed by atoms with Crippen molar-refractivity contribution in [2.24, 2.45) is 5.41 Å². The third kappa shape index (κ3) is 2.54. The van der Waals surface area contributed by atoms with Gasteiger partial charge in [-0.2, -0.15) is 4.98 Å². The summed E-state index contributed by atoms with van der Waals surface area (Å²) in [5.74, 6) is 1.12. The van der Waals surface area contributed by atoms with Gasteiger partial charge in [0.05, 0.1) is 25.2 Å². The summed E-state index contributed by atoms with van der Waals surface area (Å²) in [5.41, 5.74) is 0.750. The van der Waals surface area contributed by atoms with Gasteiger partial charge in [0.25, 0.3) is 0 Å². The molecule has 2 aliphatic rings. The highest BCUT2D eigenvalue weighted by Gasteiger charge is 2.66. The SMILES string of the molecule is CC1(C)C[C@@]1(c1ccc(F)cc1)c1nc(CN2CCOCC2)no1. The van der Waals surface area contributed by atoms with Crippen molar-refractivity contribution in [1.82, 2.24) is 15.0 Å². The van der Waals surface area contributed by atoms with Gasteiger partial charge in [-0.3, -0.25) is 4.90 Å². The summed E-state index contributed by atoms with van der Waals surface area (Å²) in [6.45, 7) is 8.31. The Morgan fingerprint density at radius 1 is 1.17 bits per heavy atom. The van der Waals surface area contributed by atoms with Gasteiger partial charge < -0.3 is 9.26 Å². The lowest BCUT2D eigenvalue weighted by Crippen LogP contribution is -2.36. The molecule has 0 N–H and O–H groups in total. The number of halogens is 1. The highest BCUT2D eigenvalue weighted by molar-refractivity contribution is 5.43. The van der Waals surface area contributed by atoms with E-state index >= 15 is 0 Å². The van der Waals surface area contributed by atoms with Crippen LogP contribution in [0.1, 0.15) is 37.5 Å². The first-order chi connectivity index (χ1) is 11.5. The average molecular weight is 331 g/mol. The van der Waals surface area contributed by atoms with E-state index in [1.54, 1.807) is 0 Å². The van der Waals surface area contributed by atoms with Gasteiger partial charge in [0.2, 0.25) is 5.89 Å². The molecular formula is C18H22FN3O2. The first kappa shape index (κ1) is 15.7. The summed E-state index contributed by atoms with van der Waals surface area (Å²) in [4.78, 5) is 6.94. The Labute approximate surface area is 140 Å². The van der Waals surface area contributed by atoms with Gasteiger partial charge in [0.15, 0.2) is 5.82 Å². The maximum absolute atomic E-state index is 13.3. The molecule has 0 unspecified atom stereocenters. The van der Waals surface area contributed by atoms with E-state index in [0.29, 0.717) is 18.3 Å². The lowest BCUT2D eigenvalue weighted by molar-refractivity contribution is 0.0327. The molecule has 1 atom stereocenters. The van der Waals surface area contributed by atoms with Gasteiger partial charge in [-0.1, -0.05) is 31.1 Å². The minimum absolute atomic E-state index is 0.0214. The zero-order valence-electron chi connectivity index (χ0n) is 14.1. The predicted molar refractivity (Wildman–Crippen MR) is 86.0 cm³/mol. The van der Waals surface area contributed by atoms with E-state index in [9.17, 15) is 4.39 Å². The van der Waals surface area contributed by atoms with Gasteiger partial charge in [0.1, 0.15) is 5.82 Å². The maximum Gasteiger partial charge on any atom is 0.237 e. The van der Waals surface area contributed by atoms with Gasteiger partial charge >= 0.3 is 0 Å². The van der Waals surface area contributed by atoms with Crippen molar-refractivity contribution in [3.05, 3.63) is 47.4 Å². The zero-order valence-corrected chi connectivity index (χ0v) is 14.1. The van der Waals surface area contributed by atoms with Crippen molar-refractivity contribution in [2.75, 3.05) is 26.3 Å². The van der Waals surface area contributed by atoms with E-state index in [1.165, 1.54) is 12.1 Å². The molecule has 5 nitrogen and oxygen atoms in total. The first-order valence-electron chi connectivity index (χ1n) is 8.40. The lowest BCUT2D eigenvalue weighted by Gasteiger charge is -2.24. The highest BCUT2D eigenvalue weighted by Crippen LogP contribution is 2.67. The Balaban J connectivity index is 1.60. The summed E-state index contributed by atoms with van der Waals surface area (Å²) >= 11 is 0. The summed E-state index contributed by atoms with van der Waals surface area (Å²) in [6, 6.07) is 6.65. The standard InChI is InChI=1S/C18H22FN3O2/c1-17(2)12-18(17,13-3-5-14(19)6-4-13)16-20-15(21-24-16)11-22-7-9-23-10-8-22/h3-6H,7-12H2,1-2H3/t18-/m1/s1. The van der Waals surface area contributed by atoms with Crippen LogP contribution in [0.25, 0.3) is 0 Å². The predicted octanol–water partition coefficient (Wildman–Crippen LogP) is 2.76. The number of hydrogen-bond acceptors (Lipinski definition) is 5. The van der Waals surface area contributed by atoms with Crippen LogP contribution in [0.3, 0.4) is 0 Å². The summed E-state index contributed by atoms with van der Waals surface area (Å²) in [5, 5.41) is 4.18. The topological polar surface area (TPSA) is 51.4 Å². The molecule has 2 aromatic rings. The Morgan fingerprint density at radius 2 is 1.83 bits per heavy atom. The molecule has 0 spiro atoms. The highest BCUT2D eigenvalue weighted by atomic mass is 19.1. The van der Waals surface area contributed by atoms with Crippen molar-refractivity contribution in [2.45, 2.75) is 32.2 Å². The van der Waals surface area contributed by atoms with Gasteiger partial charge in [-0.05, 0) is 29.5 Å². The van der Waals surface area contributed by atoms with Crippen LogP contribution >= 0.6 is 0 Å². The molecule has 4 rings (SSSR count). The number of aromatic nitrogens is 2. The fourth-order valence-electron chi connectivity index (χ4n) is 3.79. The number of hydrogen-bond donors (Lipinski definition) is 0. The summed E-state index contributed by atoms with van der Waals surface area (Å²) < 4.78 is 24.3. The maximum atomic E-state index is 13.3. The third-order valence-electron chi connectivity index (χ3n) is 5.38. The normalized spacial score (nSPS) is 26.5. The number of rotatable bonds is 4. The second kappa shape index (κ2) is 5.63. The smallest absolute Gasteiger partial charge is 0.237 e. The monoisotopic (exact) mass is 331 g/mol. The Kier molecular flexibility index (Phi) is 3.69. The van der Waals surface area contributed by atoms with Gasteiger partial charge in [-0.15, -0.1) is 0 Å². The van der Waals surface area contributed by atoms with E-state index < -0.39 is 0 Å². The largest absolute Gasteiger partial charge is 0.379 e. The van der Waals surface area contributed by atoms with Crippen LogP contribution < -0.4 is 0 Å². The van der Waals surface area contributed by atoms with E-state index in [0.717, 1.165) is 38.3 Å². The zero-order chi connectivity index (χ0) is 16.8. The molecule has 1 saturated heterocycles. The molecule has 2 fully saturated rings. The molecule has 1 aromatic carbocycles. The molecule has 1 aliphatic heterocycles. The van der Waals surface area contributed by atoms with Gasteiger partial charge in [-0.25, -0.2) is 4.39 Å². The van der Waals surface area contributed by atoms with E-state index in [2.05, 4.69) is 28.9 Å². The van der Waals surface area contributed by atoms with Crippen LogP contribution in [0.5, 0.6) is 0 Å². The van der Waals surface area contributed by atoms with Crippen molar-refractivity contribution >= 4 is 0 Å². The fourth-order valence-corrected chi connectivity index (χ4v) is 3.79. The summed E-state index contributed by atoms with van der Waals surface area (Å²) in [7, 11) is 0. The Hall–Kier alpha value is -1.79. The van der Waals surface area contributed by atoms with E-state index in [1.807, 2.05) is 12.1 Å². The van der Waals surface area contributed by atoms with Gasteiger partial charge in [0, 0.05) is 13.1 Å². The van der Waals surface area contributed by atoms with Crippen LogP contribution in [0.4, 0.5) is 4.39 Å². The number of nitrogens with zero attached hydrogens (tertiary/aromatic N) is 3. The second-order valence-electron chi connectivity index (χ2n) is 7.38. The van der Waals surface area contributed by atoms with Crippen molar-refractivity contribution in [1.29, 1.82) is 0 Å². The molecule has 1 saturated carbocycles. The molecule has 1 aromatic heterocycles.